The van der Waals surface area contributed by atoms with E-state index in [0.717, 1.165) is 5.56 Å². The van der Waals surface area contributed by atoms with Crippen molar-refractivity contribution in [2.75, 3.05) is 12.4 Å². The second-order valence-electron chi connectivity index (χ2n) is 3.37. The van der Waals surface area contributed by atoms with Crippen LogP contribution in [0.5, 0.6) is 5.75 Å². The van der Waals surface area contributed by atoms with E-state index in [2.05, 4.69) is 28.1 Å². The van der Waals surface area contributed by atoms with E-state index in [0.29, 0.717) is 11.4 Å². The molecule has 4 N–H and O–H groups in total. The molecule has 0 aliphatic carbocycles. The van der Waals surface area contributed by atoms with Crippen molar-refractivity contribution in [1.29, 1.82) is 0 Å². The number of rotatable bonds is 4. The monoisotopic (exact) mass is 266 g/mol. The maximum Gasteiger partial charge on any atom is 0.221 e. The Bertz CT molecular complexity index is 488. The first-order valence-corrected chi connectivity index (χ1v) is 5.48. The van der Waals surface area contributed by atoms with Gasteiger partial charge in [-0.2, -0.15) is 5.10 Å². The van der Waals surface area contributed by atoms with Crippen LogP contribution in [0.1, 0.15) is 12.5 Å². The van der Waals surface area contributed by atoms with E-state index in [1.165, 1.54) is 20.2 Å². The van der Waals surface area contributed by atoms with Gasteiger partial charge in [0.2, 0.25) is 5.91 Å². The molecule has 96 valence electrons. The van der Waals surface area contributed by atoms with Crippen LogP contribution < -0.4 is 21.2 Å². The van der Waals surface area contributed by atoms with Crippen molar-refractivity contribution in [1.82, 2.24) is 5.43 Å². The first-order valence-electron chi connectivity index (χ1n) is 5.07. The Hall–Kier alpha value is -2.15. The normalized spacial score (nSPS) is 10.1. The zero-order valence-corrected chi connectivity index (χ0v) is 10.9. The molecule has 6 nitrogen and oxygen atoms in total. The number of nitrogens with zero attached hydrogens (tertiary/aromatic N) is 1. The maximum atomic E-state index is 10.9. The van der Waals surface area contributed by atoms with Crippen molar-refractivity contribution in [3.8, 4) is 5.75 Å². The van der Waals surface area contributed by atoms with Crippen LogP contribution >= 0.6 is 12.2 Å². The number of hydrazone groups is 1. The molecule has 0 saturated carbocycles. The third kappa shape index (κ3) is 4.38. The van der Waals surface area contributed by atoms with Gasteiger partial charge in [-0.05, 0) is 24.4 Å². The average molecular weight is 266 g/mol. The molecule has 0 unspecified atom stereocenters. The highest BCUT2D eigenvalue weighted by Gasteiger charge is 2.03. The van der Waals surface area contributed by atoms with Gasteiger partial charge in [0.25, 0.3) is 0 Å². The summed E-state index contributed by atoms with van der Waals surface area (Å²) in [6.45, 7) is 1.44. The average Bonchev–Trinajstić information content (AvgIpc) is 2.29. The summed E-state index contributed by atoms with van der Waals surface area (Å²) in [4.78, 5) is 10.9. The van der Waals surface area contributed by atoms with E-state index >= 15 is 0 Å². The van der Waals surface area contributed by atoms with Gasteiger partial charge in [-0.1, -0.05) is 0 Å². The number of ether oxygens (including phenoxy) is 1. The summed E-state index contributed by atoms with van der Waals surface area (Å²) in [6, 6.07) is 5.20. The first kappa shape index (κ1) is 13.9. The number of nitrogens with one attached hydrogen (secondary N) is 2. The zero-order chi connectivity index (χ0) is 13.5. The molecule has 0 saturated heterocycles. The lowest BCUT2D eigenvalue weighted by Gasteiger charge is -2.08. The van der Waals surface area contributed by atoms with Crippen LogP contribution in [0.3, 0.4) is 0 Å². The summed E-state index contributed by atoms with van der Waals surface area (Å²) in [7, 11) is 1.53. The van der Waals surface area contributed by atoms with E-state index in [-0.39, 0.29) is 11.0 Å². The molecule has 1 amide bonds. The SMILES string of the molecule is COc1cc(NC(C)=O)ccc1/C=N\NC(N)=S. The number of anilines is 1. The third-order valence-corrected chi connectivity index (χ3v) is 2.02. The molecule has 7 heteroatoms. The van der Waals surface area contributed by atoms with E-state index < -0.39 is 0 Å². The quantitative estimate of drug-likeness (QED) is 0.426. The van der Waals surface area contributed by atoms with Gasteiger partial charge in [-0.3, -0.25) is 10.2 Å². The Labute approximate surface area is 110 Å². The van der Waals surface area contributed by atoms with Crippen molar-refractivity contribution in [2.24, 2.45) is 10.8 Å². The fourth-order valence-corrected chi connectivity index (χ4v) is 1.32. The lowest BCUT2D eigenvalue weighted by Crippen LogP contribution is -2.24. The summed E-state index contributed by atoms with van der Waals surface area (Å²) in [5, 5.41) is 6.58. The maximum absolute atomic E-state index is 10.9. The molecule has 1 rings (SSSR count). The predicted octanol–water partition coefficient (Wildman–Crippen LogP) is 0.821. The fourth-order valence-electron chi connectivity index (χ4n) is 1.26. The summed E-state index contributed by atoms with van der Waals surface area (Å²) in [5.41, 5.74) is 9.06. The van der Waals surface area contributed by atoms with Crippen LogP contribution in [0.4, 0.5) is 5.69 Å². The van der Waals surface area contributed by atoms with Gasteiger partial charge < -0.3 is 15.8 Å². The second-order valence-corrected chi connectivity index (χ2v) is 3.81. The Morgan fingerprint density at radius 1 is 1.56 bits per heavy atom. The minimum atomic E-state index is -0.145. The smallest absolute Gasteiger partial charge is 0.221 e. The van der Waals surface area contributed by atoms with Gasteiger partial charge in [0.1, 0.15) is 5.75 Å². The van der Waals surface area contributed by atoms with Gasteiger partial charge in [-0.15, -0.1) is 0 Å². The summed E-state index contributed by atoms with van der Waals surface area (Å²) >= 11 is 4.61. The molecule has 0 spiro atoms. The number of hydrogen-bond donors (Lipinski definition) is 3. The second kappa shape index (κ2) is 6.55. The number of amides is 1. The van der Waals surface area contributed by atoms with E-state index in [1.807, 2.05) is 0 Å². The zero-order valence-electron chi connectivity index (χ0n) is 10.1. The number of carbonyl (C=O) groups is 1. The number of benzene rings is 1. The van der Waals surface area contributed by atoms with Crippen LogP contribution in [-0.2, 0) is 4.79 Å². The molecule has 0 bridgehead atoms. The molecule has 0 aliphatic heterocycles. The highest BCUT2D eigenvalue weighted by molar-refractivity contribution is 7.80. The Kier molecular flexibility index (Phi) is 5.06. The van der Waals surface area contributed by atoms with Gasteiger partial charge >= 0.3 is 0 Å². The summed E-state index contributed by atoms with van der Waals surface area (Å²) < 4.78 is 5.19. The predicted molar refractivity (Wildman–Crippen MR) is 74.8 cm³/mol. The molecular formula is C11H14N4O2S. The topological polar surface area (TPSA) is 88.7 Å². The molecule has 0 atom stereocenters. The van der Waals surface area contributed by atoms with Crippen LogP contribution in [0.15, 0.2) is 23.3 Å². The van der Waals surface area contributed by atoms with Gasteiger partial charge in [0, 0.05) is 24.2 Å². The molecule has 0 aliphatic rings. The Morgan fingerprint density at radius 2 is 2.28 bits per heavy atom. The van der Waals surface area contributed by atoms with Crippen molar-refractivity contribution in [3.63, 3.8) is 0 Å². The minimum Gasteiger partial charge on any atom is -0.496 e. The molecule has 1 aromatic carbocycles. The van der Waals surface area contributed by atoms with E-state index in [4.69, 9.17) is 10.5 Å². The van der Waals surface area contributed by atoms with Gasteiger partial charge in [-0.25, -0.2) is 0 Å². The molecule has 0 heterocycles. The number of thiocarbonyl (C=S) groups is 1. The van der Waals surface area contributed by atoms with Crippen molar-refractivity contribution < 1.29 is 9.53 Å². The highest BCUT2D eigenvalue weighted by Crippen LogP contribution is 2.21. The van der Waals surface area contributed by atoms with Crippen LogP contribution in [0.25, 0.3) is 0 Å². The van der Waals surface area contributed by atoms with Crippen molar-refractivity contribution in [2.45, 2.75) is 6.92 Å². The highest BCUT2D eigenvalue weighted by atomic mass is 32.1. The molecule has 0 aromatic heterocycles. The van der Waals surface area contributed by atoms with E-state index in [9.17, 15) is 4.79 Å². The fraction of sp³-hybridized carbons (Fsp3) is 0.182. The van der Waals surface area contributed by atoms with Crippen molar-refractivity contribution in [3.05, 3.63) is 23.8 Å². The number of hydrogen-bond acceptors (Lipinski definition) is 4. The van der Waals surface area contributed by atoms with Gasteiger partial charge in [0.15, 0.2) is 5.11 Å². The van der Waals surface area contributed by atoms with Crippen LogP contribution in [0.2, 0.25) is 0 Å². The standard InChI is InChI=1S/C11H14N4O2S/c1-7(16)14-9-4-3-8(10(5-9)17-2)6-13-15-11(12)18/h3-6H,1-2H3,(H,14,16)(H3,12,15,18)/b13-6-. The lowest BCUT2D eigenvalue weighted by atomic mass is 10.2. The van der Waals surface area contributed by atoms with Crippen LogP contribution in [-0.4, -0.2) is 24.3 Å². The molecule has 0 radical (unpaired) electrons. The Balaban J connectivity index is 2.89. The molecule has 0 fully saturated rings. The van der Waals surface area contributed by atoms with Gasteiger partial charge in [0.05, 0.1) is 13.3 Å². The van der Waals surface area contributed by atoms with E-state index in [1.54, 1.807) is 18.2 Å². The number of nitrogens with two attached hydrogens (primary N) is 1. The number of carbonyl (C=O) groups excluding carboxylic acids is 1. The third-order valence-electron chi connectivity index (χ3n) is 1.93. The summed E-state index contributed by atoms with van der Waals surface area (Å²) in [5.74, 6) is 0.434. The minimum absolute atomic E-state index is 0.0834. The van der Waals surface area contributed by atoms with Crippen LogP contribution in [0, 0.1) is 0 Å². The molecule has 1 aromatic rings. The summed E-state index contributed by atoms with van der Waals surface area (Å²) in [6.07, 6.45) is 1.52. The lowest BCUT2D eigenvalue weighted by molar-refractivity contribution is -0.114. The number of methoxy groups -OCH3 is 1. The Morgan fingerprint density at radius 3 is 2.83 bits per heavy atom. The molecule has 18 heavy (non-hydrogen) atoms. The first-order chi connectivity index (χ1) is 8.52. The molecular weight excluding hydrogens is 252 g/mol. The largest absolute Gasteiger partial charge is 0.496 e. The van der Waals surface area contributed by atoms with Crippen molar-refractivity contribution >= 4 is 35.1 Å².